The van der Waals surface area contributed by atoms with E-state index >= 15 is 0 Å². The molecule has 0 spiro atoms. The summed E-state index contributed by atoms with van der Waals surface area (Å²) in [6.07, 6.45) is 7.20. The number of benzene rings is 1. The van der Waals surface area contributed by atoms with E-state index in [9.17, 15) is 0 Å². The summed E-state index contributed by atoms with van der Waals surface area (Å²) in [5.74, 6) is 0.705. The molecule has 0 saturated heterocycles. The minimum absolute atomic E-state index is 0.483. The van der Waals surface area contributed by atoms with E-state index in [1.165, 1.54) is 4.88 Å². The highest BCUT2D eigenvalue weighted by Crippen LogP contribution is 2.35. The van der Waals surface area contributed by atoms with Crippen LogP contribution in [0.2, 0.25) is 0 Å². The number of nitrogens with one attached hydrogen (secondary N) is 2. The summed E-state index contributed by atoms with van der Waals surface area (Å²) >= 11 is 1.71. The van der Waals surface area contributed by atoms with Gasteiger partial charge in [-0.15, -0.1) is 11.3 Å². The molecule has 2 N–H and O–H groups in total. The Morgan fingerprint density at radius 1 is 0.811 bits per heavy atom. The van der Waals surface area contributed by atoms with E-state index in [1.54, 1.807) is 17.5 Å². The van der Waals surface area contributed by atoms with Crippen molar-refractivity contribution in [1.82, 2.24) is 30.1 Å². The molecule has 0 aliphatic rings. The standard InChI is InChI=1S/C29H20N6OS/c1-2-5-18(6-3-1)17-36-21-11-19(14-30-16-21)20-12-24-27(34-35-29(24)32-15-20)25-13-23-22(26-7-4-10-37-26)8-9-31-28(23)33-25/h1-16H,17H2,(H,31,33)(H,32,34,35). The molecule has 0 unspecified atom stereocenters. The van der Waals surface area contributed by atoms with Gasteiger partial charge in [-0.2, -0.15) is 5.10 Å². The lowest BCUT2D eigenvalue weighted by molar-refractivity contribution is 0.305. The lowest BCUT2D eigenvalue weighted by Gasteiger charge is -2.08. The van der Waals surface area contributed by atoms with Crippen LogP contribution in [0.5, 0.6) is 5.75 Å². The number of hydrogen-bond acceptors (Lipinski definition) is 6. The maximum absolute atomic E-state index is 5.98. The van der Waals surface area contributed by atoms with Crippen LogP contribution in [0.25, 0.3) is 55.0 Å². The van der Waals surface area contributed by atoms with Gasteiger partial charge in [-0.25, -0.2) is 9.97 Å². The molecule has 0 bridgehead atoms. The second kappa shape index (κ2) is 9.00. The van der Waals surface area contributed by atoms with E-state index < -0.39 is 0 Å². The molecule has 8 heteroatoms. The van der Waals surface area contributed by atoms with E-state index in [-0.39, 0.29) is 0 Å². The Balaban J connectivity index is 1.24. The van der Waals surface area contributed by atoms with Crippen LogP contribution in [0.15, 0.2) is 96.9 Å². The summed E-state index contributed by atoms with van der Waals surface area (Å²) in [5, 5.41) is 11.7. The van der Waals surface area contributed by atoms with Gasteiger partial charge in [0.1, 0.15) is 23.7 Å². The Hall–Kier alpha value is -4.82. The van der Waals surface area contributed by atoms with E-state index in [0.29, 0.717) is 18.0 Å². The molecule has 0 saturated carbocycles. The average Bonchev–Trinajstić information content (AvgIpc) is 3.71. The van der Waals surface area contributed by atoms with Crippen LogP contribution in [0.3, 0.4) is 0 Å². The van der Waals surface area contributed by atoms with Crippen LogP contribution in [0.4, 0.5) is 0 Å². The first-order valence-corrected chi connectivity index (χ1v) is 12.7. The molecule has 0 aliphatic carbocycles. The van der Waals surface area contributed by atoms with Gasteiger partial charge < -0.3 is 9.72 Å². The van der Waals surface area contributed by atoms with Crippen molar-refractivity contribution in [3.63, 3.8) is 0 Å². The predicted molar refractivity (Wildman–Crippen MR) is 146 cm³/mol. The Kier molecular flexibility index (Phi) is 5.22. The first kappa shape index (κ1) is 21.5. The number of nitrogens with zero attached hydrogens (tertiary/aromatic N) is 4. The fourth-order valence-electron chi connectivity index (χ4n) is 4.46. The molecule has 7 nitrogen and oxygen atoms in total. The van der Waals surface area contributed by atoms with Gasteiger partial charge in [0.15, 0.2) is 5.65 Å². The molecule has 6 aromatic heterocycles. The number of hydrogen-bond donors (Lipinski definition) is 2. The first-order valence-electron chi connectivity index (χ1n) is 11.8. The Morgan fingerprint density at radius 2 is 1.73 bits per heavy atom. The number of pyridine rings is 3. The molecule has 0 fully saturated rings. The second-order valence-electron chi connectivity index (χ2n) is 8.66. The summed E-state index contributed by atoms with van der Waals surface area (Å²) in [7, 11) is 0. The van der Waals surface area contributed by atoms with Gasteiger partial charge in [-0.05, 0) is 41.3 Å². The van der Waals surface area contributed by atoms with Gasteiger partial charge in [-0.1, -0.05) is 36.4 Å². The number of rotatable bonds is 6. The molecular formula is C29H20N6OS. The van der Waals surface area contributed by atoms with Crippen molar-refractivity contribution >= 4 is 33.4 Å². The highest BCUT2D eigenvalue weighted by Gasteiger charge is 2.16. The zero-order valence-corrected chi connectivity index (χ0v) is 20.4. The third-order valence-electron chi connectivity index (χ3n) is 6.28. The van der Waals surface area contributed by atoms with Gasteiger partial charge in [-0.3, -0.25) is 10.1 Å². The van der Waals surface area contributed by atoms with E-state index in [2.05, 4.69) is 59.8 Å². The smallest absolute Gasteiger partial charge is 0.155 e. The molecule has 1 aromatic carbocycles. The fraction of sp³-hybridized carbons (Fsp3) is 0.0345. The number of fused-ring (bicyclic) bond motifs is 2. The molecule has 0 aliphatic heterocycles. The van der Waals surface area contributed by atoms with Gasteiger partial charge in [0.05, 0.1) is 11.9 Å². The highest BCUT2D eigenvalue weighted by molar-refractivity contribution is 7.13. The molecule has 0 amide bonds. The summed E-state index contributed by atoms with van der Waals surface area (Å²) in [6, 6.07) is 22.5. The normalized spacial score (nSPS) is 11.4. The Labute approximate surface area is 215 Å². The van der Waals surface area contributed by atoms with Gasteiger partial charge >= 0.3 is 0 Å². The molecule has 6 heterocycles. The number of thiophene rings is 1. The number of H-pyrrole nitrogens is 2. The quantitative estimate of drug-likeness (QED) is 0.260. The first-order chi connectivity index (χ1) is 18.3. The van der Waals surface area contributed by atoms with Crippen molar-refractivity contribution in [3.05, 3.63) is 102 Å². The predicted octanol–water partition coefficient (Wildman–Crippen LogP) is 6.87. The highest BCUT2D eigenvalue weighted by atomic mass is 32.1. The summed E-state index contributed by atoms with van der Waals surface area (Å²) < 4.78 is 5.98. The van der Waals surface area contributed by atoms with Crippen molar-refractivity contribution in [2.75, 3.05) is 0 Å². The third-order valence-corrected chi connectivity index (χ3v) is 7.19. The minimum Gasteiger partial charge on any atom is -0.487 e. The topological polar surface area (TPSA) is 92.4 Å². The Bertz CT molecular complexity index is 1840. The largest absolute Gasteiger partial charge is 0.487 e. The molecule has 0 atom stereocenters. The van der Waals surface area contributed by atoms with Crippen LogP contribution < -0.4 is 4.74 Å². The Morgan fingerprint density at radius 3 is 2.62 bits per heavy atom. The SMILES string of the molecule is c1ccc(COc2cncc(-c3cnc4[nH]nc(-c5cc6c(-c7cccs7)ccnc6[nH]5)c4c3)c2)cc1. The fourth-order valence-corrected chi connectivity index (χ4v) is 5.23. The lowest BCUT2D eigenvalue weighted by Crippen LogP contribution is -1.96. The van der Waals surface area contributed by atoms with Crippen LogP contribution in [0.1, 0.15) is 5.56 Å². The van der Waals surface area contributed by atoms with Crippen molar-refractivity contribution in [2.45, 2.75) is 6.61 Å². The monoisotopic (exact) mass is 500 g/mol. The maximum atomic E-state index is 5.98. The third kappa shape index (κ3) is 4.03. The second-order valence-corrected chi connectivity index (χ2v) is 9.60. The van der Waals surface area contributed by atoms with Gasteiger partial charge in [0, 0.05) is 50.9 Å². The van der Waals surface area contributed by atoms with Crippen LogP contribution in [-0.4, -0.2) is 30.1 Å². The summed E-state index contributed by atoms with van der Waals surface area (Å²) in [6.45, 7) is 0.483. The maximum Gasteiger partial charge on any atom is 0.155 e. The van der Waals surface area contributed by atoms with Crippen molar-refractivity contribution in [1.29, 1.82) is 0 Å². The number of aromatic nitrogens is 6. The molecule has 0 radical (unpaired) electrons. The minimum atomic E-state index is 0.483. The number of ether oxygens (including phenoxy) is 1. The zero-order valence-electron chi connectivity index (χ0n) is 19.6. The van der Waals surface area contributed by atoms with Crippen LogP contribution in [0, 0.1) is 0 Å². The van der Waals surface area contributed by atoms with Gasteiger partial charge in [0.2, 0.25) is 0 Å². The van der Waals surface area contributed by atoms with E-state index in [4.69, 9.17) is 4.74 Å². The summed E-state index contributed by atoms with van der Waals surface area (Å²) in [4.78, 5) is 18.2. The van der Waals surface area contributed by atoms with Crippen molar-refractivity contribution in [3.8, 4) is 38.7 Å². The molecule has 37 heavy (non-hydrogen) atoms. The van der Waals surface area contributed by atoms with Crippen molar-refractivity contribution in [2.24, 2.45) is 0 Å². The number of aromatic amines is 2. The molecule has 7 aromatic rings. The summed E-state index contributed by atoms with van der Waals surface area (Å²) in [5.41, 5.74) is 7.33. The van der Waals surface area contributed by atoms with Crippen LogP contribution >= 0.6 is 11.3 Å². The molecule has 7 rings (SSSR count). The van der Waals surface area contributed by atoms with E-state index in [1.807, 2.05) is 61.1 Å². The lowest BCUT2D eigenvalue weighted by atomic mass is 10.1. The zero-order chi connectivity index (χ0) is 24.6. The van der Waals surface area contributed by atoms with Crippen LogP contribution in [-0.2, 0) is 6.61 Å². The molecule has 178 valence electrons. The van der Waals surface area contributed by atoms with E-state index in [0.717, 1.165) is 50.1 Å². The van der Waals surface area contributed by atoms with Gasteiger partial charge in [0.25, 0.3) is 0 Å². The molecular weight excluding hydrogens is 480 g/mol. The van der Waals surface area contributed by atoms with Crippen molar-refractivity contribution < 1.29 is 4.74 Å². The average molecular weight is 501 g/mol.